The maximum Gasteiger partial charge on any atom is 0.314 e. The van der Waals surface area contributed by atoms with Crippen molar-refractivity contribution in [3.8, 4) is 17.4 Å². The Morgan fingerprint density at radius 3 is 2.25 bits per heavy atom. The van der Waals surface area contributed by atoms with Crippen LogP contribution in [0.2, 0.25) is 0 Å². The molecular formula is C26H24N2O4. The molecule has 0 bridgehead atoms. The molecule has 1 aliphatic rings. The normalized spacial score (nSPS) is 14.3. The first-order valence-corrected chi connectivity index (χ1v) is 10.6. The number of carbonyl (C=O) groups is 2. The highest BCUT2D eigenvalue weighted by molar-refractivity contribution is 5.92. The standard InChI is InChI=1S/C26H24N2O4/c29-25(14-9-20-6-2-1-3-7-20)28-18-15-21(16-19-28)26(30)32-23-12-10-22(11-13-23)31-24-8-4-5-17-27-24/h1-14,17,21H,15-16,18-19H2. The molecule has 1 aromatic heterocycles. The number of ether oxygens (including phenoxy) is 2. The van der Waals surface area contributed by atoms with Crippen molar-refractivity contribution < 1.29 is 19.1 Å². The lowest BCUT2D eigenvalue weighted by atomic mass is 9.97. The molecule has 1 saturated heterocycles. The van der Waals surface area contributed by atoms with Crippen LogP contribution in [0.25, 0.3) is 6.08 Å². The van der Waals surface area contributed by atoms with Crippen molar-refractivity contribution in [1.82, 2.24) is 9.88 Å². The summed E-state index contributed by atoms with van der Waals surface area (Å²) >= 11 is 0. The fourth-order valence-electron chi connectivity index (χ4n) is 3.48. The van der Waals surface area contributed by atoms with E-state index in [1.165, 1.54) is 0 Å². The quantitative estimate of drug-likeness (QED) is 0.323. The van der Waals surface area contributed by atoms with E-state index < -0.39 is 0 Å². The Morgan fingerprint density at radius 2 is 1.56 bits per heavy atom. The minimum absolute atomic E-state index is 0.0378. The highest BCUT2D eigenvalue weighted by Crippen LogP contribution is 2.24. The van der Waals surface area contributed by atoms with Crippen LogP contribution in [0, 0.1) is 5.92 Å². The van der Waals surface area contributed by atoms with Gasteiger partial charge in [0.15, 0.2) is 0 Å². The largest absolute Gasteiger partial charge is 0.439 e. The van der Waals surface area contributed by atoms with Crippen molar-refractivity contribution in [3.63, 3.8) is 0 Å². The summed E-state index contributed by atoms with van der Waals surface area (Å²) in [6.07, 6.45) is 6.23. The van der Waals surface area contributed by atoms with Crippen LogP contribution >= 0.6 is 0 Å². The van der Waals surface area contributed by atoms with Crippen molar-refractivity contribution in [1.29, 1.82) is 0 Å². The maximum absolute atomic E-state index is 12.5. The molecule has 1 amide bonds. The monoisotopic (exact) mass is 428 g/mol. The molecule has 1 fully saturated rings. The second kappa shape index (κ2) is 10.4. The molecule has 0 radical (unpaired) electrons. The van der Waals surface area contributed by atoms with Gasteiger partial charge in [0.25, 0.3) is 0 Å². The molecule has 0 N–H and O–H groups in total. The summed E-state index contributed by atoms with van der Waals surface area (Å²) < 4.78 is 11.2. The Labute approximate surface area is 187 Å². The van der Waals surface area contributed by atoms with E-state index in [0.29, 0.717) is 43.3 Å². The number of piperidine rings is 1. The van der Waals surface area contributed by atoms with Gasteiger partial charge in [-0.1, -0.05) is 36.4 Å². The molecule has 162 valence electrons. The zero-order valence-corrected chi connectivity index (χ0v) is 17.6. The SMILES string of the molecule is O=C(Oc1ccc(Oc2ccccn2)cc1)C1CCN(C(=O)C=Cc2ccccc2)CC1. The van der Waals surface area contributed by atoms with E-state index in [9.17, 15) is 9.59 Å². The van der Waals surface area contributed by atoms with Gasteiger partial charge in [-0.25, -0.2) is 4.98 Å². The number of esters is 1. The molecule has 3 aromatic rings. The zero-order valence-electron chi connectivity index (χ0n) is 17.6. The molecule has 2 aromatic carbocycles. The van der Waals surface area contributed by atoms with Crippen LogP contribution < -0.4 is 9.47 Å². The van der Waals surface area contributed by atoms with Crippen molar-refractivity contribution in [2.75, 3.05) is 13.1 Å². The summed E-state index contributed by atoms with van der Waals surface area (Å²) in [6, 6.07) is 22.0. The second-order valence-electron chi connectivity index (χ2n) is 7.51. The summed E-state index contributed by atoms with van der Waals surface area (Å²) in [7, 11) is 0. The molecule has 0 unspecified atom stereocenters. The number of aromatic nitrogens is 1. The van der Waals surface area contributed by atoms with Gasteiger partial charge < -0.3 is 14.4 Å². The van der Waals surface area contributed by atoms with Gasteiger partial charge in [0, 0.05) is 31.4 Å². The topological polar surface area (TPSA) is 68.7 Å². The summed E-state index contributed by atoms with van der Waals surface area (Å²) in [5.41, 5.74) is 0.982. The van der Waals surface area contributed by atoms with Gasteiger partial charge >= 0.3 is 5.97 Å². The molecule has 2 heterocycles. The number of amides is 1. The van der Waals surface area contributed by atoms with Crippen molar-refractivity contribution in [2.45, 2.75) is 12.8 Å². The predicted molar refractivity (Wildman–Crippen MR) is 121 cm³/mol. The van der Waals surface area contributed by atoms with Crippen molar-refractivity contribution in [2.24, 2.45) is 5.92 Å². The number of benzene rings is 2. The average Bonchev–Trinajstić information content (AvgIpc) is 2.85. The minimum Gasteiger partial charge on any atom is -0.439 e. The fourth-order valence-corrected chi connectivity index (χ4v) is 3.48. The molecule has 0 aliphatic carbocycles. The summed E-state index contributed by atoms with van der Waals surface area (Å²) in [4.78, 5) is 30.8. The van der Waals surface area contributed by atoms with Gasteiger partial charge in [-0.05, 0) is 54.8 Å². The Balaban J connectivity index is 1.24. The van der Waals surface area contributed by atoms with Crippen LogP contribution in [-0.4, -0.2) is 34.8 Å². The van der Waals surface area contributed by atoms with Crippen molar-refractivity contribution in [3.05, 3.63) is 90.6 Å². The number of pyridine rings is 1. The zero-order chi connectivity index (χ0) is 22.2. The highest BCUT2D eigenvalue weighted by atomic mass is 16.5. The maximum atomic E-state index is 12.5. The van der Waals surface area contributed by atoms with Gasteiger partial charge in [-0.2, -0.15) is 0 Å². The number of likely N-dealkylation sites (tertiary alicyclic amines) is 1. The third kappa shape index (κ3) is 5.82. The molecule has 4 rings (SSSR count). The molecule has 6 nitrogen and oxygen atoms in total. The van der Waals surface area contributed by atoms with Crippen LogP contribution in [0.4, 0.5) is 0 Å². The number of rotatable bonds is 6. The van der Waals surface area contributed by atoms with E-state index in [2.05, 4.69) is 4.98 Å². The number of carbonyl (C=O) groups excluding carboxylic acids is 2. The molecule has 0 saturated carbocycles. The number of hydrogen-bond donors (Lipinski definition) is 0. The van der Waals surface area contributed by atoms with E-state index in [1.54, 1.807) is 47.5 Å². The average molecular weight is 428 g/mol. The second-order valence-corrected chi connectivity index (χ2v) is 7.51. The summed E-state index contributed by atoms with van der Waals surface area (Å²) in [6.45, 7) is 1.07. The van der Waals surface area contributed by atoms with Crippen LogP contribution in [0.3, 0.4) is 0 Å². The van der Waals surface area contributed by atoms with Crippen molar-refractivity contribution >= 4 is 18.0 Å². The van der Waals surface area contributed by atoms with E-state index in [0.717, 1.165) is 5.56 Å². The molecule has 6 heteroatoms. The molecule has 1 aliphatic heterocycles. The number of nitrogens with zero attached hydrogens (tertiary/aromatic N) is 2. The predicted octanol–water partition coefficient (Wildman–Crippen LogP) is 4.73. The van der Waals surface area contributed by atoms with Gasteiger partial charge in [-0.15, -0.1) is 0 Å². The molecule has 0 spiro atoms. The minimum atomic E-state index is -0.268. The van der Waals surface area contributed by atoms with Gasteiger partial charge in [0.1, 0.15) is 11.5 Å². The summed E-state index contributed by atoms with van der Waals surface area (Å²) in [5, 5.41) is 0. The van der Waals surface area contributed by atoms with Crippen LogP contribution in [-0.2, 0) is 9.59 Å². The molecule has 0 atom stereocenters. The van der Waals surface area contributed by atoms with Crippen LogP contribution in [0.15, 0.2) is 85.1 Å². The highest BCUT2D eigenvalue weighted by Gasteiger charge is 2.28. The van der Waals surface area contributed by atoms with E-state index in [4.69, 9.17) is 9.47 Å². The van der Waals surface area contributed by atoms with E-state index >= 15 is 0 Å². The Bertz CT molecular complexity index is 1060. The molecule has 32 heavy (non-hydrogen) atoms. The first-order valence-electron chi connectivity index (χ1n) is 10.6. The Morgan fingerprint density at radius 1 is 0.875 bits per heavy atom. The third-order valence-corrected chi connectivity index (χ3v) is 5.26. The van der Waals surface area contributed by atoms with Gasteiger partial charge in [0.2, 0.25) is 11.8 Å². The smallest absolute Gasteiger partial charge is 0.314 e. The Kier molecular flexibility index (Phi) is 6.92. The third-order valence-electron chi connectivity index (χ3n) is 5.26. The van der Waals surface area contributed by atoms with E-state index in [-0.39, 0.29) is 17.8 Å². The van der Waals surface area contributed by atoms with Crippen LogP contribution in [0.5, 0.6) is 17.4 Å². The lowest BCUT2D eigenvalue weighted by Gasteiger charge is -2.30. The first-order chi connectivity index (χ1) is 15.7. The lowest BCUT2D eigenvalue weighted by Crippen LogP contribution is -2.40. The van der Waals surface area contributed by atoms with Gasteiger partial charge in [0.05, 0.1) is 5.92 Å². The van der Waals surface area contributed by atoms with Gasteiger partial charge in [-0.3, -0.25) is 9.59 Å². The Hall–Kier alpha value is -3.93. The van der Waals surface area contributed by atoms with Crippen LogP contribution in [0.1, 0.15) is 18.4 Å². The fraction of sp³-hybridized carbons (Fsp3) is 0.192. The summed E-state index contributed by atoms with van der Waals surface area (Å²) in [5.74, 6) is 1.05. The lowest BCUT2D eigenvalue weighted by molar-refractivity contribution is -0.142. The number of hydrogen-bond acceptors (Lipinski definition) is 5. The molecular weight excluding hydrogens is 404 g/mol. The van der Waals surface area contributed by atoms with E-state index in [1.807, 2.05) is 48.5 Å². The first kappa shape index (κ1) is 21.3.